The number of nitrogens with one attached hydrogen (secondary N) is 1. The van der Waals surface area contributed by atoms with Crippen molar-refractivity contribution < 1.29 is 9.47 Å². The van der Waals surface area contributed by atoms with Crippen molar-refractivity contribution in [3.8, 4) is 22.8 Å². The minimum absolute atomic E-state index is 0.571. The summed E-state index contributed by atoms with van der Waals surface area (Å²) in [7, 11) is 1.69. The van der Waals surface area contributed by atoms with E-state index >= 15 is 0 Å². The predicted molar refractivity (Wildman–Crippen MR) is 106 cm³/mol. The molecule has 0 aliphatic heterocycles. The number of ether oxygens (including phenoxy) is 2. The highest BCUT2D eigenvalue weighted by Gasteiger charge is 2.08. The number of methoxy groups -OCH3 is 1. The SMILES string of the molecule is COc1ccc(-c2cc3cc(OCc4ccccc4)ccc3[nH]2)c(C)c1. The number of H-pyrrole nitrogens is 1. The number of benzene rings is 3. The maximum absolute atomic E-state index is 5.94. The molecule has 4 rings (SSSR count). The van der Waals surface area contributed by atoms with Crippen LogP contribution in [0.1, 0.15) is 11.1 Å². The lowest BCUT2D eigenvalue weighted by atomic mass is 10.1. The molecule has 0 atom stereocenters. The molecule has 0 unspecified atom stereocenters. The van der Waals surface area contributed by atoms with Crippen molar-refractivity contribution in [3.05, 3.63) is 83.9 Å². The summed E-state index contributed by atoms with van der Waals surface area (Å²) in [5.74, 6) is 1.75. The van der Waals surface area contributed by atoms with E-state index in [9.17, 15) is 0 Å². The first-order valence-electron chi connectivity index (χ1n) is 8.67. The van der Waals surface area contributed by atoms with E-state index in [2.05, 4.69) is 54.4 Å². The Hall–Kier alpha value is -3.20. The summed E-state index contributed by atoms with van der Waals surface area (Å²) < 4.78 is 11.2. The van der Waals surface area contributed by atoms with Gasteiger partial charge in [0, 0.05) is 22.2 Å². The second-order valence-corrected chi connectivity index (χ2v) is 6.39. The molecule has 0 amide bonds. The molecular formula is C23H21NO2. The van der Waals surface area contributed by atoms with E-state index in [1.54, 1.807) is 7.11 Å². The molecule has 3 heteroatoms. The number of aromatic amines is 1. The van der Waals surface area contributed by atoms with Gasteiger partial charge in [-0.1, -0.05) is 30.3 Å². The van der Waals surface area contributed by atoms with Gasteiger partial charge in [0.2, 0.25) is 0 Å². The van der Waals surface area contributed by atoms with Crippen molar-refractivity contribution in [2.45, 2.75) is 13.5 Å². The fourth-order valence-electron chi connectivity index (χ4n) is 3.15. The third-order valence-corrected chi connectivity index (χ3v) is 4.56. The molecule has 1 N–H and O–H groups in total. The van der Waals surface area contributed by atoms with Gasteiger partial charge in [0.15, 0.2) is 0 Å². The summed E-state index contributed by atoms with van der Waals surface area (Å²) >= 11 is 0. The molecule has 3 nitrogen and oxygen atoms in total. The summed E-state index contributed by atoms with van der Waals surface area (Å²) in [6.07, 6.45) is 0. The summed E-state index contributed by atoms with van der Waals surface area (Å²) in [6, 6.07) is 24.6. The zero-order chi connectivity index (χ0) is 17.9. The number of fused-ring (bicyclic) bond motifs is 1. The van der Waals surface area contributed by atoms with Gasteiger partial charge in [-0.3, -0.25) is 0 Å². The zero-order valence-electron chi connectivity index (χ0n) is 15.0. The van der Waals surface area contributed by atoms with E-state index in [0.29, 0.717) is 6.61 Å². The van der Waals surface area contributed by atoms with Crippen LogP contribution in [0.15, 0.2) is 72.8 Å². The lowest BCUT2D eigenvalue weighted by molar-refractivity contribution is 0.306. The van der Waals surface area contributed by atoms with Gasteiger partial charge in [-0.15, -0.1) is 0 Å². The molecule has 0 radical (unpaired) electrons. The number of hydrogen-bond donors (Lipinski definition) is 1. The monoisotopic (exact) mass is 343 g/mol. The van der Waals surface area contributed by atoms with E-state index in [4.69, 9.17) is 9.47 Å². The largest absolute Gasteiger partial charge is 0.497 e. The second-order valence-electron chi connectivity index (χ2n) is 6.39. The normalized spacial score (nSPS) is 10.8. The molecule has 4 aromatic rings. The summed E-state index contributed by atoms with van der Waals surface area (Å²) in [5, 5.41) is 1.14. The number of rotatable bonds is 5. The minimum atomic E-state index is 0.571. The van der Waals surface area contributed by atoms with Gasteiger partial charge in [0.05, 0.1) is 7.11 Å². The average molecular weight is 343 g/mol. The van der Waals surface area contributed by atoms with Crippen molar-refractivity contribution >= 4 is 10.9 Å². The summed E-state index contributed by atoms with van der Waals surface area (Å²) in [4.78, 5) is 3.49. The number of aromatic nitrogens is 1. The van der Waals surface area contributed by atoms with Crippen LogP contribution >= 0.6 is 0 Å². The first-order valence-corrected chi connectivity index (χ1v) is 8.67. The van der Waals surface area contributed by atoms with Gasteiger partial charge in [0.25, 0.3) is 0 Å². The van der Waals surface area contributed by atoms with Crippen LogP contribution < -0.4 is 9.47 Å². The zero-order valence-corrected chi connectivity index (χ0v) is 15.0. The Morgan fingerprint density at radius 1 is 0.846 bits per heavy atom. The Morgan fingerprint density at radius 2 is 1.65 bits per heavy atom. The molecule has 0 aliphatic carbocycles. The van der Waals surface area contributed by atoms with Crippen LogP contribution in [-0.2, 0) is 6.61 Å². The Labute approximate surface area is 153 Å². The van der Waals surface area contributed by atoms with Crippen molar-refractivity contribution in [1.82, 2.24) is 4.98 Å². The van der Waals surface area contributed by atoms with Crippen LogP contribution in [-0.4, -0.2) is 12.1 Å². The van der Waals surface area contributed by atoms with E-state index in [1.807, 2.05) is 30.3 Å². The standard InChI is InChI=1S/C23H21NO2/c1-16-12-19(25-2)8-10-21(16)23-14-18-13-20(9-11-22(18)24-23)26-15-17-6-4-3-5-7-17/h3-14,24H,15H2,1-2H3. The Balaban J connectivity index is 1.59. The fraction of sp³-hybridized carbons (Fsp3) is 0.130. The minimum Gasteiger partial charge on any atom is -0.497 e. The van der Waals surface area contributed by atoms with Crippen molar-refractivity contribution in [2.24, 2.45) is 0 Å². The smallest absolute Gasteiger partial charge is 0.120 e. The van der Waals surface area contributed by atoms with Gasteiger partial charge in [0.1, 0.15) is 18.1 Å². The molecule has 130 valence electrons. The van der Waals surface area contributed by atoms with Crippen LogP contribution in [0.5, 0.6) is 11.5 Å². The predicted octanol–water partition coefficient (Wildman–Crippen LogP) is 5.73. The summed E-state index contributed by atoms with van der Waals surface area (Å²) in [6.45, 7) is 2.67. The Kier molecular flexibility index (Phi) is 4.36. The molecule has 1 aromatic heterocycles. The van der Waals surface area contributed by atoms with Crippen molar-refractivity contribution in [1.29, 1.82) is 0 Å². The highest BCUT2D eigenvalue weighted by atomic mass is 16.5. The van der Waals surface area contributed by atoms with E-state index in [1.165, 1.54) is 11.1 Å². The molecular weight excluding hydrogens is 322 g/mol. The lowest BCUT2D eigenvalue weighted by Gasteiger charge is -2.06. The van der Waals surface area contributed by atoms with Gasteiger partial charge in [-0.2, -0.15) is 0 Å². The van der Waals surface area contributed by atoms with Crippen LogP contribution in [0, 0.1) is 6.92 Å². The van der Waals surface area contributed by atoms with Gasteiger partial charge >= 0.3 is 0 Å². The Morgan fingerprint density at radius 3 is 2.42 bits per heavy atom. The van der Waals surface area contributed by atoms with E-state index in [0.717, 1.165) is 33.7 Å². The molecule has 26 heavy (non-hydrogen) atoms. The number of aryl methyl sites for hydroxylation is 1. The molecule has 0 saturated carbocycles. The van der Waals surface area contributed by atoms with Crippen molar-refractivity contribution in [3.63, 3.8) is 0 Å². The molecule has 3 aromatic carbocycles. The number of hydrogen-bond acceptors (Lipinski definition) is 2. The van der Waals surface area contributed by atoms with Crippen molar-refractivity contribution in [2.75, 3.05) is 7.11 Å². The van der Waals surface area contributed by atoms with Crippen LogP contribution in [0.2, 0.25) is 0 Å². The molecule has 0 saturated heterocycles. The van der Waals surface area contributed by atoms with Gasteiger partial charge < -0.3 is 14.5 Å². The third-order valence-electron chi connectivity index (χ3n) is 4.56. The van der Waals surface area contributed by atoms with Crippen LogP contribution in [0.3, 0.4) is 0 Å². The topological polar surface area (TPSA) is 34.2 Å². The van der Waals surface area contributed by atoms with E-state index < -0.39 is 0 Å². The first-order chi connectivity index (χ1) is 12.7. The summed E-state index contributed by atoms with van der Waals surface area (Å²) in [5.41, 5.74) is 5.71. The fourth-order valence-corrected chi connectivity index (χ4v) is 3.15. The van der Waals surface area contributed by atoms with Gasteiger partial charge in [-0.25, -0.2) is 0 Å². The first kappa shape index (κ1) is 16.3. The van der Waals surface area contributed by atoms with E-state index in [-0.39, 0.29) is 0 Å². The maximum atomic E-state index is 5.94. The molecule has 0 spiro atoms. The highest BCUT2D eigenvalue weighted by Crippen LogP contribution is 2.30. The molecule has 0 aliphatic rings. The molecule has 0 bridgehead atoms. The average Bonchev–Trinajstić information content (AvgIpc) is 3.10. The highest BCUT2D eigenvalue weighted by molar-refractivity contribution is 5.87. The van der Waals surface area contributed by atoms with Crippen LogP contribution in [0.4, 0.5) is 0 Å². The molecule has 0 fully saturated rings. The van der Waals surface area contributed by atoms with Gasteiger partial charge in [-0.05, 0) is 60.5 Å². The second kappa shape index (κ2) is 6.96. The quantitative estimate of drug-likeness (QED) is 0.502. The maximum Gasteiger partial charge on any atom is 0.120 e. The lowest BCUT2D eigenvalue weighted by Crippen LogP contribution is -1.94. The Bertz CT molecular complexity index is 1030. The molecule has 1 heterocycles. The third kappa shape index (κ3) is 3.29. The van der Waals surface area contributed by atoms with Crippen LogP contribution in [0.25, 0.3) is 22.2 Å².